The topological polar surface area (TPSA) is 105 Å². The fraction of sp³-hybridized carbons (Fsp3) is 0.375. The van der Waals surface area contributed by atoms with Crippen LogP contribution in [0.1, 0.15) is 44.7 Å². The van der Waals surface area contributed by atoms with Gasteiger partial charge < -0.3 is 19.7 Å². The SMILES string of the molecule is CC[C@@H](C)NC(=O)[C@H](CC)N(Cc1cccc(OC)c1)C(=O)CN(c1cc(Cl)ccc1OC)S(=O)(=O)c1ccc(C)cc1. The molecule has 0 aliphatic rings. The van der Waals surface area contributed by atoms with E-state index in [1.54, 1.807) is 49.6 Å². The monoisotopic (exact) mass is 629 g/mol. The van der Waals surface area contributed by atoms with Gasteiger partial charge in [0, 0.05) is 17.6 Å². The number of sulfonamides is 1. The first-order chi connectivity index (χ1) is 20.4. The summed E-state index contributed by atoms with van der Waals surface area (Å²) in [5.74, 6) is -0.0870. The molecule has 0 heterocycles. The second kappa shape index (κ2) is 15.1. The van der Waals surface area contributed by atoms with E-state index in [2.05, 4.69) is 5.32 Å². The number of methoxy groups -OCH3 is 2. The minimum Gasteiger partial charge on any atom is -0.497 e. The van der Waals surface area contributed by atoms with Crippen LogP contribution in [-0.4, -0.2) is 58.0 Å². The number of nitrogens with zero attached hydrogens (tertiary/aromatic N) is 2. The van der Waals surface area contributed by atoms with Crippen LogP contribution < -0.4 is 19.1 Å². The number of anilines is 1. The van der Waals surface area contributed by atoms with Crippen LogP contribution in [0, 0.1) is 6.92 Å². The number of carbonyl (C=O) groups is 2. The van der Waals surface area contributed by atoms with E-state index in [9.17, 15) is 18.0 Å². The van der Waals surface area contributed by atoms with E-state index >= 15 is 0 Å². The zero-order valence-corrected chi connectivity index (χ0v) is 27.0. The van der Waals surface area contributed by atoms with Gasteiger partial charge in [-0.2, -0.15) is 0 Å². The van der Waals surface area contributed by atoms with Gasteiger partial charge in [0.2, 0.25) is 11.8 Å². The fourth-order valence-electron chi connectivity index (χ4n) is 4.54. The number of nitrogens with one attached hydrogen (secondary N) is 1. The van der Waals surface area contributed by atoms with Crippen molar-refractivity contribution in [3.63, 3.8) is 0 Å². The standard InChI is InChI=1S/C32H40ClN3O6S/c1-7-23(4)34-32(38)28(8-2)35(20-24-10-9-11-26(18-24)41-5)31(37)21-36(29-19-25(33)14-17-30(29)42-6)43(39,40)27-15-12-22(3)13-16-27/h9-19,23,28H,7-8,20-21H2,1-6H3,(H,34,38)/t23-,28+/m1/s1. The molecule has 2 atom stereocenters. The number of amides is 2. The van der Waals surface area contributed by atoms with Crippen molar-refractivity contribution in [1.82, 2.24) is 10.2 Å². The van der Waals surface area contributed by atoms with Gasteiger partial charge in [-0.1, -0.05) is 55.3 Å². The number of halogens is 1. The smallest absolute Gasteiger partial charge is 0.264 e. The van der Waals surface area contributed by atoms with Gasteiger partial charge in [0.1, 0.15) is 24.1 Å². The fourth-order valence-corrected chi connectivity index (χ4v) is 6.12. The lowest BCUT2D eigenvalue weighted by atomic mass is 10.1. The lowest BCUT2D eigenvalue weighted by molar-refractivity contribution is -0.140. The maximum absolute atomic E-state index is 14.3. The highest BCUT2D eigenvalue weighted by atomic mass is 35.5. The summed E-state index contributed by atoms with van der Waals surface area (Å²) in [6, 6.07) is 17.1. The Bertz CT molecular complexity index is 1510. The number of benzene rings is 3. The van der Waals surface area contributed by atoms with Crippen molar-refractivity contribution < 1.29 is 27.5 Å². The van der Waals surface area contributed by atoms with Gasteiger partial charge in [0.25, 0.3) is 10.0 Å². The first kappa shape index (κ1) is 33.7. The number of aryl methyl sites for hydroxylation is 1. The van der Waals surface area contributed by atoms with E-state index in [1.807, 2.05) is 33.8 Å². The first-order valence-corrected chi connectivity index (χ1v) is 15.9. The zero-order valence-electron chi connectivity index (χ0n) is 25.5. The van der Waals surface area contributed by atoms with Gasteiger partial charge in [-0.3, -0.25) is 13.9 Å². The summed E-state index contributed by atoms with van der Waals surface area (Å²) in [6.07, 6.45) is 1.02. The average Bonchev–Trinajstić information content (AvgIpc) is 2.99. The molecule has 9 nitrogen and oxygen atoms in total. The van der Waals surface area contributed by atoms with Gasteiger partial charge >= 0.3 is 0 Å². The lowest BCUT2D eigenvalue weighted by Gasteiger charge is -2.34. The van der Waals surface area contributed by atoms with Crippen molar-refractivity contribution in [2.45, 2.75) is 64.1 Å². The summed E-state index contributed by atoms with van der Waals surface area (Å²) in [6.45, 7) is 6.95. The number of rotatable bonds is 14. The van der Waals surface area contributed by atoms with E-state index in [0.717, 1.165) is 15.4 Å². The summed E-state index contributed by atoms with van der Waals surface area (Å²) in [5, 5.41) is 3.23. The van der Waals surface area contributed by atoms with Crippen LogP contribution in [0.2, 0.25) is 5.02 Å². The van der Waals surface area contributed by atoms with Crippen LogP contribution in [0.25, 0.3) is 0 Å². The van der Waals surface area contributed by atoms with Gasteiger partial charge in [0.05, 0.1) is 24.8 Å². The maximum atomic E-state index is 14.3. The number of ether oxygens (including phenoxy) is 2. The molecule has 0 aliphatic carbocycles. The third kappa shape index (κ3) is 8.42. The predicted octanol–water partition coefficient (Wildman–Crippen LogP) is 5.58. The Labute approximate surface area is 259 Å². The van der Waals surface area contributed by atoms with Crippen LogP contribution in [0.3, 0.4) is 0 Å². The molecule has 3 aromatic rings. The molecular weight excluding hydrogens is 590 g/mol. The summed E-state index contributed by atoms with van der Waals surface area (Å²) in [7, 11) is -1.33. The lowest BCUT2D eigenvalue weighted by Crippen LogP contribution is -2.53. The van der Waals surface area contributed by atoms with Crippen molar-refractivity contribution in [3.8, 4) is 11.5 Å². The maximum Gasteiger partial charge on any atom is 0.264 e. The van der Waals surface area contributed by atoms with E-state index < -0.39 is 28.5 Å². The van der Waals surface area contributed by atoms with Crippen LogP contribution in [0.4, 0.5) is 5.69 Å². The van der Waals surface area contributed by atoms with Crippen molar-refractivity contribution >= 4 is 39.1 Å². The molecule has 0 aliphatic heterocycles. The molecule has 0 aromatic heterocycles. The minimum absolute atomic E-state index is 0.00571. The van der Waals surface area contributed by atoms with E-state index in [0.29, 0.717) is 18.6 Å². The highest BCUT2D eigenvalue weighted by molar-refractivity contribution is 7.92. The minimum atomic E-state index is -4.28. The Morgan fingerprint density at radius 3 is 2.26 bits per heavy atom. The van der Waals surface area contributed by atoms with Crippen molar-refractivity contribution in [3.05, 3.63) is 82.9 Å². The third-order valence-electron chi connectivity index (χ3n) is 7.17. The Hall–Kier alpha value is -3.76. The molecule has 0 fully saturated rings. The number of hydrogen-bond acceptors (Lipinski definition) is 6. The summed E-state index contributed by atoms with van der Waals surface area (Å²) >= 11 is 6.31. The van der Waals surface area contributed by atoms with E-state index in [4.69, 9.17) is 21.1 Å². The summed E-state index contributed by atoms with van der Waals surface area (Å²) in [5.41, 5.74) is 1.70. The average molecular weight is 630 g/mol. The molecule has 1 N–H and O–H groups in total. The molecule has 0 bridgehead atoms. The Balaban J connectivity index is 2.14. The van der Waals surface area contributed by atoms with Gasteiger partial charge in [0.15, 0.2) is 0 Å². The Kier molecular flexibility index (Phi) is 11.9. The van der Waals surface area contributed by atoms with Crippen LogP contribution in [-0.2, 0) is 26.2 Å². The summed E-state index contributed by atoms with van der Waals surface area (Å²) < 4.78 is 40.1. The Morgan fingerprint density at radius 1 is 0.953 bits per heavy atom. The zero-order chi connectivity index (χ0) is 31.7. The molecule has 232 valence electrons. The third-order valence-corrected chi connectivity index (χ3v) is 9.18. The molecule has 2 amide bonds. The van der Waals surface area contributed by atoms with Crippen molar-refractivity contribution in [2.24, 2.45) is 0 Å². The van der Waals surface area contributed by atoms with Crippen LogP contribution in [0.15, 0.2) is 71.6 Å². The van der Waals surface area contributed by atoms with Gasteiger partial charge in [-0.05, 0) is 74.7 Å². The van der Waals surface area contributed by atoms with Crippen LogP contribution in [0.5, 0.6) is 11.5 Å². The van der Waals surface area contributed by atoms with E-state index in [1.165, 1.54) is 30.2 Å². The molecule has 11 heteroatoms. The molecule has 0 saturated carbocycles. The molecule has 43 heavy (non-hydrogen) atoms. The summed E-state index contributed by atoms with van der Waals surface area (Å²) in [4.78, 5) is 29.2. The molecule has 0 radical (unpaired) electrons. The largest absolute Gasteiger partial charge is 0.497 e. The number of hydrogen-bond donors (Lipinski definition) is 1. The van der Waals surface area contributed by atoms with Gasteiger partial charge in [-0.15, -0.1) is 0 Å². The second-order valence-electron chi connectivity index (χ2n) is 10.3. The molecule has 0 spiro atoms. The quantitative estimate of drug-likeness (QED) is 0.250. The Morgan fingerprint density at radius 2 is 1.65 bits per heavy atom. The van der Waals surface area contributed by atoms with Crippen LogP contribution >= 0.6 is 11.6 Å². The van der Waals surface area contributed by atoms with Crippen molar-refractivity contribution in [2.75, 3.05) is 25.1 Å². The highest BCUT2D eigenvalue weighted by Crippen LogP contribution is 2.35. The normalized spacial score (nSPS) is 12.6. The first-order valence-electron chi connectivity index (χ1n) is 14.1. The molecule has 0 saturated heterocycles. The van der Waals surface area contributed by atoms with E-state index in [-0.39, 0.29) is 39.8 Å². The number of carbonyl (C=O) groups excluding carboxylic acids is 2. The second-order valence-corrected chi connectivity index (χ2v) is 12.6. The molecule has 0 unspecified atom stereocenters. The molecule has 3 rings (SSSR count). The highest BCUT2D eigenvalue weighted by Gasteiger charge is 2.35. The predicted molar refractivity (Wildman–Crippen MR) is 169 cm³/mol. The molecular formula is C32H40ClN3O6S. The van der Waals surface area contributed by atoms with Crippen molar-refractivity contribution in [1.29, 1.82) is 0 Å². The van der Waals surface area contributed by atoms with Gasteiger partial charge in [-0.25, -0.2) is 8.42 Å². The molecule has 3 aromatic carbocycles.